The normalized spacial score (nSPS) is 18.7. The lowest BCUT2D eigenvalue weighted by Gasteiger charge is -2.20. The van der Waals surface area contributed by atoms with Gasteiger partial charge in [-0.05, 0) is 37.1 Å². The summed E-state index contributed by atoms with van der Waals surface area (Å²) in [5, 5.41) is 6.59. The molecule has 0 aliphatic carbocycles. The van der Waals surface area contributed by atoms with Gasteiger partial charge in [0.15, 0.2) is 5.96 Å². The van der Waals surface area contributed by atoms with E-state index in [4.69, 9.17) is 0 Å². The maximum Gasteiger partial charge on any atom is 0.191 e. The van der Waals surface area contributed by atoms with Crippen molar-refractivity contribution >= 4 is 37.4 Å². The molecule has 1 atom stereocenters. The number of nitrogens with one attached hydrogen (secondary N) is 2. The Balaban J connectivity index is 1.77. The Morgan fingerprint density at radius 1 is 1.38 bits per heavy atom. The lowest BCUT2D eigenvalue weighted by Crippen LogP contribution is -2.45. The fraction of sp³-hybridized carbons (Fsp3) is 0.562. The molecule has 134 valence electrons. The Bertz CT molecular complexity index is 661. The average molecular weight is 417 g/mol. The van der Waals surface area contributed by atoms with E-state index in [2.05, 4.69) is 60.7 Å². The number of halogens is 1. The SMILES string of the molecule is CN=C(NCCCS(C)(=O)=O)NC1CCN(c2ccc(Br)cc2)C1. The van der Waals surface area contributed by atoms with Crippen molar-refractivity contribution in [1.82, 2.24) is 10.6 Å². The van der Waals surface area contributed by atoms with Crippen molar-refractivity contribution in [3.63, 3.8) is 0 Å². The number of nitrogens with zero attached hydrogens (tertiary/aromatic N) is 2. The molecule has 24 heavy (non-hydrogen) atoms. The number of anilines is 1. The van der Waals surface area contributed by atoms with Crippen LogP contribution < -0.4 is 15.5 Å². The summed E-state index contributed by atoms with van der Waals surface area (Å²) >= 11 is 3.46. The molecule has 1 aromatic rings. The summed E-state index contributed by atoms with van der Waals surface area (Å²) in [6.45, 7) is 2.52. The zero-order valence-electron chi connectivity index (χ0n) is 14.1. The Morgan fingerprint density at radius 3 is 2.71 bits per heavy atom. The molecule has 0 amide bonds. The number of rotatable bonds is 6. The number of aliphatic imine (C=N–C) groups is 1. The van der Waals surface area contributed by atoms with Gasteiger partial charge in [0.05, 0.1) is 5.75 Å². The Labute approximate surface area is 152 Å². The molecule has 1 heterocycles. The Hall–Kier alpha value is -1.28. The molecule has 0 spiro atoms. The maximum atomic E-state index is 11.1. The first-order valence-corrected chi connectivity index (χ1v) is 10.9. The molecular formula is C16H25BrN4O2S. The first-order chi connectivity index (χ1) is 11.4. The quantitative estimate of drug-likeness (QED) is 0.418. The fourth-order valence-corrected chi connectivity index (χ4v) is 3.63. The van der Waals surface area contributed by atoms with Crippen molar-refractivity contribution in [2.75, 3.05) is 43.6 Å². The highest BCUT2D eigenvalue weighted by Gasteiger charge is 2.23. The van der Waals surface area contributed by atoms with E-state index in [0.717, 1.165) is 29.9 Å². The van der Waals surface area contributed by atoms with Gasteiger partial charge in [0, 0.05) is 49.1 Å². The second kappa shape index (κ2) is 8.71. The zero-order valence-corrected chi connectivity index (χ0v) is 16.5. The molecule has 2 N–H and O–H groups in total. The predicted molar refractivity (Wildman–Crippen MR) is 104 cm³/mol. The van der Waals surface area contributed by atoms with Gasteiger partial charge in [-0.25, -0.2) is 8.42 Å². The summed E-state index contributed by atoms with van der Waals surface area (Å²) in [6, 6.07) is 8.67. The van der Waals surface area contributed by atoms with Gasteiger partial charge in [-0.2, -0.15) is 0 Å². The fourth-order valence-electron chi connectivity index (χ4n) is 2.69. The summed E-state index contributed by atoms with van der Waals surface area (Å²) in [4.78, 5) is 6.56. The van der Waals surface area contributed by atoms with Gasteiger partial charge in [-0.1, -0.05) is 15.9 Å². The molecule has 6 nitrogen and oxygen atoms in total. The highest BCUT2D eigenvalue weighted by atomic mass is 79.9. The molecule has 0 aromatic heterocycles. The molecule has 0 saturated carbocycles. The lowest BCUT2D eigenvalue weighted by molar-refractivity contribution is 0.597. The molecule has 1 unspecified atom stereocenters. The van der Waals surface area contributed by atoms with Crippen LogP contribution in [0.5, 0.6) is 0 Å². The summed E-state index contributed by atoms with van der Waals surface area (Å²) in [7, 11) is -1.17. The van der Waals surface area contributed by atoms with Crippen LogP contribution in [0.2, 0.25) is 0 Å². The minimum absolute atomic E-state index is 0.192. The van der Waals surface area contributed by atoms with Crippen molar-refractivity contribution < 1.29 is 8.42 Å². The second-order valence-electron chi connectivity index (χ2n) is 6.03. The van der Waals surface area contributed by atoms with Gasteiger partial charge in [-0.15, -0.1) is 0 Å². The van der Waals surface area contributed by atoms with E-state index in [1.807, 2.05) is 0 Å². The third kappa shape index (κ3) is 6.32. The van der Waals surface area contributed by atoms with Crippen molar-refractivity contribution in [3.8, 4) is 0 Å². The van der Waals surface area contributed by atoms with E-state index >= 15 is 0 Å². The third-order valence-electron chi connectivity index (χ3n) is 3.93. The summed E-state index contributed by atoms with van der Waals surface area (Å²) in [6.07, 6.45) is 2.88. The molecule has 0 radical (unpaired) electrons. The number of hydrogen-bond donors (Lipinski definition) is 2. The largest absolute Gasteiger partial charge is 0.369 e. The first kappa shape index (κ1) is 19.1. The van der Waals surface area contributed by atoms with Crippen molar-refractivity contribution in [2.24, 2.45) is 4.99 Å². The number of hydrogen-bond acceptors (Lipinski definition) is 4. The minimum atomic E-state index is -2.90. The van der Waals surface area contributed by atoms with Crippen LogP contribution in [0.3, 0.4) is 0 Å². The summed E-state index contributed by atoms with van der Waals surface area (Å²) in [5.74, 6) is 0.920. The van der Waals surface area contributed by atoms with Crippen LogP contribution in [0.15, 0.2) is 33.7 Å². The molecular weight excluding hydrogens is 392 g/mol. The standard InChI is InChI=1S/C16H25BrN4O2S/c1-18-16(19-9-3-11-24(2,22)23)20-14-8-10-21(12-14)15-6-4-13(17)5-7-15/h4-7,14H,3,8-12H2,1-2H3,(H2,18,19,20). The minimum Gasteiger partial charge on any atom is -0.369 e. The zero-order chi connectivity index (χ0) is 17.6. The highest BCUT2D eigenvalue weighted by Crippen LogP contribution is 2.22. The molecule has 2 rings (SSSR count). The lowest BCUT2D eigenvalue weighted by atomic mass is 10.3. The van der Waals surface area contributed by atoms with Crippen LogP contribution in [0.4, 0.5) is 5.69 Å². The smallest absolute Gasteiger partial charge is 0.191 e. The molecule has 1 aromatic carbocycles. The van der Waals surface area contributed by atoms with Crippen molar-refractivity contribution in [1.29, 1.82) is 0 Å². The first-order valence-electron chi connectivity index (χ1n) is 8.03. The molecule has 8 heteroatoms. The van der Waals surface area contributed by atoms with Crippen LogP contribution >= 0.6 is 15.9 Å². The van der Waals surface area contributed by atoms with E-state index in [1.54, 1.807) is 7.05 Å². The van der Waals surface area contributed by atoms with E-state index in [0.29, 0.717) is 19.0 Å². The predicted octanol–water partition coefficient (Wildman–Crippen LogP) is 1.63. The number of sulfone groups is 1. The number of benzene rings is 1. The van der Waals surface area contributed by atoms with E-state index in [1.165, 1.54) is 11.9 Å². The van der Waals surface area contributed by atoms with Crippen LogP contribution in [0.25, 0.3) is 0 Å². The van der Waals surface area contributed by atoms with Crippen LogP contribution in [-0.2, 0) is 9.84 Å². The van der Waals surface area contributed by atoms with Crippen LogP contribution in [0, 0.1) is 0 Å². The third-order valence-corrected chi connectivity index (χ3v) is 5.49. The van der Waals surface area contributed by atoms with Gasteiger partial charge in [-0.3, -0.25) is 4.99 Å². The van der Waals surface area contributed by atoms with Crippen LogP contribution in [-0.4, -0.2) is 59.1 Å². The molecule has 1 aliphatic heterocycles. The van der Waals surface area contributed by atoms with Gasteiger partial charge in [0.2, 0.25) is 0 Å². The van der Waals surface area contributed by atoms with Gasteiger partial charge < -0.3 is 15.5 Å². The van der Waals surface area contributed by atoms with Gasteiger partial charge in [0.25, 0.3) is 0 Å². The Morgan fingerprint density at radius 2 is 2.08 bits per heavy atom. The van der Waals surface area contributed by atoms with Crippen LogP contribution in [0.1, 0.15) is 12.8 Å². The molecule has 0 bridgehead atoms. The Kier molecular flexibility index (Phi) is 6.91. The monoisotopic (exact) mass is 416 g/mol. The van der Waals surface area contributed by atoms with Gasteiger partial charge in [0.1, 0.15) is 9.84 Å². The molecule has 1 aliphatic rings. The topological polar surface area (TPSA) is 73.8 Å². The average Bonchev–Trinajstić information content (AvgIpc) is 2.98. The van der Waals surface area contributed by atoms with Gasteiger partial charge >= 0.3 is 0 Å². The second-order valence-corrected chi connectivity index (χ2v) is 9.21. The number of guanidine groups is 1. The molecule has 1 fully saturated rings. The highest BCUT2D eigenvalue weighted by molar-refractivity contribution is 9.10. The molecule has 1 saturated heterocycles. The van der Waals surface area contributed by atoms with E-state index in [-0.39, 0.29) is 5.75 Å². The summed E-state index contributed by atoms with van der Waals surface area (Å²) in [5.41, 5.74) is 1.22. The van der Waals surface area contributed by atoms with Crippen molar-refractivity contribution in [2.45, 2.75) is 18.9 Å². The van der Waals surface area contributed by atoms with Crippen molar-refractivity contribution in [3.05, 3.63) is 28.7 Å². The summed E-state index contributed by atoms with van der Waals surface area (Å²) < 4.78 is 23.4. The van der Waals surface area contributed by atoms with E-state index in [9.17, 15) is 8.42 Å². The maximum absolute atomic E-state index is 11.1. The van der Waals surface area contributed by atoms with E-state index < -0.39 is 9.84 Å².